The van der Waals surface area contributed by atoms with E-state index in [1.54, 1.807) is 16.4 Å². The van der Waals surface area contributed by atoms with Crippen molar-refractivity contribution in [3.8, 4) is 0 Å². The maximum absolute atomic E-state index is 5.84. The number of hydrogen-bond donors (Lipinski definition) is 2. The van der Waals surface area contributed by atoms with Gasteiger partial charge in [-0.25, -0.2) is 4.68 Å². The number of nitrogens with two attached hydrogens (primary N) is 1. The zero-order chi connectivity index (χ0) is 16.1. The second kappa shape index (κ2) is 7.89. The Morgan fingerprint density at radius 2 is 2.27 bits per heavy atom. The van der Waals surface area contributed by atoms with E-state index in [-0.39, 0.29) is 5.95 Å². The molecule has 0 aromatic carbocycles. The van der Waals surface area contributed by atoms with E-state index >= 15 is 0 Å². The van der Waals surface area contributed by atoms with E-state index in [9.17, 15) is 0 Å². The average Bonchev–Trinajstić information content (AvgIpc) is 2.92. The van der Waals surface area contributed by atoms with Gasteiger partial charge in [-0.2, -0.15) is 16.7 Å². The van der Waals surface area contributed by atoms with Crippen molar-refractivity contribution in [3.63, 3.8) is 0 Å². The molecule has 0 unspecified atom stereocenters. The van der Waals surface area contributed by atoms with Crippen molar-refractivity contribution < 1.29 is 4.42 Å². The van der Waals surface area contributed by atoms with Crippen molar-refractivity contribution in [2.24, 2.45) is 7.05 Å². The van der Waals surface area contributed by atoms with Crippen LogP contribution in [0.3, 0.4) is 0 Å². The third-order valence-electron chi connectivity index (χ3n) is 2.82. The van der Waals surface area contributed by atoms with E-state index in [4.69, 9.17) is 10.2 Å². The molecular formula is C13H21BrN6OS. The summed E-state index contributed by atoms with van der Waals surface area (Å²) in [7, 11) is 5.86. The number of hydrogen-bond acceptors (Lipinski definition) is 7. The minimum atomic E-state index is 0.284. The van der Waals surface area contributed by atoms with Gasteiger partial charge in [-0.05, 0) is 36.1 Å². The summed E-state index contributed by atoms with van der Waals surface area (Å²) in [6.45, 7) is 1.59. The largest absolute Gasteiger partial charge is 0.463 e. The summed E-state index contributed by atoms with van der Waals surface area (Å²) in [4.78, 5) is 6.17. The highest BCUT2D eigenvalue weighted by atomic mass is 79.9. The van der Waals surface area contributed by atoms with Crippen molar-refractivity contribution in [1.82, 2.24) is 19.7 Å². The van der Waals surface area contributed by atoms with Crippen LogP contribution in [0.1, 0.15) is 11.5 Å². The number of nitrogens with zero attached hydrogens (tertiary/aromatic N) is 4. The fourth-order valence-corrected chi connectivity index (χ4v) is 3.09. The van der Waals surface area contributed by atoms with Crippen LogP contribution in [0.4, 0.5) is 11.9 Å². The van der Waals surface area contributed by atoms with Gasteiger partial charge in [0.15, 0.2) is 0 Å². The maximum Gasteiger partial charge on any atom is 0.241 e. The quantitative estimate of drug-likeness (QED) is 0.670. The Bertz CT molecular complexity index is 612. The van der Waals surface area contributed by atoms with Crippen LogP contribution in [0.25, 0.3) is 0 Å². The van der Waals surface area contributed by atoms with Crippen LogP contribution in [0, 0.1) is 0 Å². The van der Waals surface area contributed by atoms with Crippen molar-refractivity contribution in [2.45, 2.75) is 12.3 Å². The number of aromatic nitrogens is 3. The van der Waals surface area contributed by atoms with Crippen LogP contribution in [0.2, 0.25) is 0 Å². The summed E-state index contributed by atoms with van der Waals surface area (Å²) in [5, 5.41) is 7.19. The highest BCUT2D eigenvalue weighted by Crippen LogP contribution is 2.25. The van der Waals surface area contributed by atoms with Crippen LogP contribution in [0.15, 0.2) is 15.0 Å². The molecule has 0 aliphatic rings. The number of furan rings is 1. The fourth-order valence-electron chi connectivity index (χ4n) is 1.89. The predicted molar refractivity (Wildman–Crippen MR) is 93.9 cm³/mol. The molecule has 7 nitrogen and oxygen atoms in total. The van der Waals surface area contributed by atoms with Crippen LogP contribution >= 0.6 is 27.7 Å². The summed E-state index contributed by atoms with van der Waals surface area (Å²) in [6, 6.07) is 2.04. The SMILES string of the molecule is CN(C)Cc1oc(CSCCNc2nc(N)nn2C)cc1Br. The van der Waals surface area contributed by atoms with Gasteiger partial charge in [0, 0.05) is 19.3 Å². The first-order valence-corrected chi connectivity index (χ1v) is 8.80. The first-order chi connectivity index (χ1) is 10.5. The smallest absolute Gasteiger partial charge is 0.241 e. The molecule has 0 bridgehead atoms. The molecule has 2 aromatic rings. The highest BCUT2D eigenvalue weighted by Gasteiger charge is 2.10. The third kappa shape index (κ3) is 4.92. The van der Waals surface area contributed by atoms with E-state index < -0.39 is 0 Å². The van der Waals surface area contributed by atoms with Crippen LogP contribution in [0.5, 0.6) is 0 Å². The lowest BCUT2D eigenvalue weighted by Crippen LogP contribution is -2.10. The maximum atomic E-state index is 5.84. The van der Waals surface area contributed by atoms with Crippen LogP contribution in [-0.4, -0.2) is 46.1 Å². The molecule has 0 saturated heterocycles. The molecule has 0 fully saturated rings. The Hall–Kier alpha value is -1.19. The molecular weight excluding hydrogens is 368 g/mol. The molecule has 0 aliphatic carbocycles. The Kier molecular flexibility index (Phi) is 6.16. The second-order valence-corrected chi connectivity index (χ2v) is 7.08. The second-order valence-electron chi connectivity index (χ2n) is 5.12. The Morgan fingerprint density at radius 1 is 1.50 bits per heavy atom. The van der Waals surface area contributed by atoms with E-state index in [0.29, 0.717) is 5.95 Å². The van der Waals surface area contributed by atoms with Gasteiger partial charge in [0.05, 0.1) is 16.8 Å². The van der Waals surface area contributed by atoms with Crippen LogP contribution in [-0.2, 0) is 19.3 Å². The molecule has 9 heteroatoms. The number of nitrogen functional groups attached to an aromatic ring is 1. The molecule has 2 aromatic heterocycles. The number of thioether (sulfide) groups is 1. The van der Waals surface area contributed by atoms with Crippen molar-refractivity contribution in [3.05, 3.63) is 22.1 Å². The Labute approximate surface area is 142 Å². The molecule has 0 atom stereocenters. The van der Waals surface area contributed by atoms with Crippen molar-refractivity contribution in [2.75, 3.05) is 37.4 Å². The first kappa shape index (κ1) is 17.2. The van der Waals surface area contributed by atoms with Gasteiger partial charge in [-0.1, -0.05) is 0 Å². The highest BCUT2D eigenvalue weighted by molar-refractivity contribution is 9.10. The monoisotopic (exact) mass is 388 g/mol. The molecule has 2 rings (SSSR count). The molecule has 0 spiro atoms. The molecule has 0 amide bonds. The lowest BCUT2D eigenvalue weighted by molar-refractivity contribution is 0.343. The molecule has 22 heavy (non-hydrogen) atoms. The van der Waals surface area contributed by atoms with E-state index in [1.165, 1.54) is 0 Å². The van der Waals surface area contributed by atoms with Gasteiger partial charge >= 0.3 is 0 Å². The molecule has 0 saturated carbocycles. The summed E-state index contributed by atoms with van der Waals surface area (Å²) in [6.07, 6.45) is 0. The predicted octanol–water partition coefficient (Wildman–Crippen LogP) is 2.16. The zero-order valence-corrected chi connectivity index (χ0v) is 15.4. The number of nitrogens with one attached hydrogen (secondary N) is 1. The number of aryl methyl sites for hydroxylation is 1. The van der Waals surface area contributed by atoms with Gasteiger partial charge in [-0.15, -0.1) is 5.10 Å². The first-order valence-electron chi connectivity index (χ1n) is 6.85. The van der Waals surface area contributed by atoms with Gasteiger partial charge in [0.25, 0.3) is 0 Å². The molecule has 3 N–H and O–H groups in total. The summed E-state index contributed by atoms with van der Waals surface area (Å²) < 4.78 is 8.51. The lowest BCUT2D eigenvalue weighted by atomic mass is 10.4. The van der Waals surface area contributed by atoms with E-state index in [0.717, 1.165) is 40.6 Å². The number of halogens is 1. The number of anilines is 2. The summed E-state index contributed by atoms with van der Waals surface area (Å²) in [5.41, 5.74) is 5.53. The standard InChI is InChI=1S/C13H21BrN6OS/c1-19(2)7-11-10(14)6-9(21-11)8-22-5-4-16-13-17-12(15)18-20(13)3/h6H,4-5,7-8H2,1-3H3,(H3,15,16,17,18). The molecule has 122 valence electrons. The molecule has 0 aliphatic heterocycles. The lowest BCUT2D eigenvalue weighted by Gasteiger charge is -2.06. The fraction of sp³-hybridized carbons (Fsp3) is 0.538. The molecule has 0 radical (unpaired) electrons. The minimum Gasteiger partial charge on any atom is -0.463 e. The van der Waals surface area contributed by atoms with Gasteiger partial charge < -0.3 is 20.4 Å². The van der Waals surface area contributed by atoms with E-state index in [1.807, 2.05) is 27.2 Å². The van der Waals surface area contributed by atoms with Crippen LogP contribution < -0.4 is 11.1 Å². The summed E-state index contributed by atoms with van der Waals surface area (Å²) >= 11 is 5.34. The van der Waals surface area contributed by atoms with Gasteiger partial charge in [0.1, 0.15) is 11.5 Å². The van der Waals surface area contributed by atoms with Gasteiger partial charge in [0.2, 0.25) is 11.9 Å². The minimum absolute atomic E-state index is 0.284. The normalized spacial score (nSPS) is 11.3. The summed E-state index contributed by atoms with van der Waals surface area (Å²) in [5.74, 6) is 4.70. The Morgan fingerprint density at radius 3 is 2.91 bits per heavy atom. The average molecular weight is 389 g/mol. The number of rotatable bonds is 8. The van der Waals surface area contributed by atoms with Crippen molar-refractivity contribution >= 4 is 39.6 Å². The topological polar surface area (TPSA) is 85.1 Å². The van der Waals surface area contributed by atoms with E-state index in [2.05, 4.69) is 36.2 Å². The van der Waals surface area contributed by atoms with Crippen molar-refractivity contribution in [1.29, 1.82) is 0 Å². The molecule has 2 heterocycles. The third-order valence-corrected chi connectivity index (χ3v) is 4.47. The zero-order valence-electron chi connectivity index (χ0n) is 13.0. The van der Waals surface area contributed by atoms with Gasteiger partial charge in [-0.3, -0.25) is 0 Å². The Balaban J connectivity index is 1.71.